The van der Waals surface area contributed by atoms with Gasteiger partial charge in [0, 0.05) is 4.11 Å². The van der Waals surface area contributed by atoms with Crippen molar-refractivity contribution < 1.29 is 8.68 Å². The van der Waals surface area contributed by atoms with Gasteiger partial charge in [-0.1, -0.05) is 48.5 Å². The summed E-state index contributed by atoms with van der Waals surface area (Å²) in [6.07, 6.45) is 0. The molecule has 4 rings (SSSR count). The van der Waals surface area contributed by atoms with Crippen molar-refractivity contribution in [2.75, 3.05) is 0 Å². The van der Waals surface area contributed by atoms with Crippen LogP contribution >= 0.6 is 0 Å². The smallest absolute Gasteiger partial charge is 0.226 e. The summed E-state index contributed by atoms with van der Waals surface area (Å²) in [5, 5.41) is 0. The first-order chi connectivity index (χ1) is 13.3. The first-order valence-electron chi connectivity index (χ1n) is 9.94. The van der Waals surface area contributed by atoms with Crippen molar-refractivity contribution >= 4 is 11.0 Å². The van der Waals surface area contributed by atoms with Gasteiger partial charge in [-0.2, -0.15) is 0 Å². The van der Waals surface area contributed by atoms with Crippen molar-refractivity contribution in [2.45, 2.75) is 13.8 Å². The topological polar surface area (TPSA) is 8.81 Å². The number of nitrogens with zero attached hydrogens (tertiary/aromatic N) is 2. The minimum Gasteiger partial charge on any atom is -0.226 e. The van der Waals surface area contributed by atoms with Crippen molar-refractivity contribution in [3.63, 3.8) is 0 Å². The Hall–Kier alpha value is -2.87. The molecule has 0 saturated heterocycles. The zero-order valence-electron chi connectivity index (χ0n) is 17.7. The molecule has 0 saturated carbocycles. The summed E-state index contributed by atoms with van der Waals surface area (Å²) in [5.74, 6) is 1.09. The molecule has 0 amide bonds. The summed E-state index contributed by atoms with van der Waals surface area (Å²) >= 11 is 0. The number of aryl methyl sites for hydroxylation is 3. The lowest BCUT2D eigenvalue weighted by Crippen LogP contribution is -2.30. The predicted octanol–water partition coefficient (Wildman–Crippen LogP) is 4.95. The van der Waals surface area contributed by atoms with E-state index < -0.39 is 6.85 Å². The molecule has 0 atom stereocenters. The predicted molar refractivity (Wildman–Crippen MR) is 104 cm³/mol. The van der Waals surface area contributed by atoms with E-state index in [1.54, 1.807) is 12.1 Å². The van der Waals surface area contributed by atoms with E-state index in [4.69, 9.17) is 4.11 Å². The van der Waals surface area contributed by atoms with E-state index >= 15 is 0 Å². The minimum absolute atomic E-state index is 0.386. The second-order valence-corrected chi connectivity index (χ2v) is 6.45. The highest BCUT2D eigenvalue weighted by molar-refractivity contribution is 5.80. The Labute approximate surface area is 153 Å². The van der Waals surface area contributed by atoms with E-state index in [2.05, 4.69) is 48.4 Å². The molecule has 0 radical (unpaired) electrons. The van der Waals surface area contributed by atoms with Gasteiger partial charge >= 0.3 is 0 Å². The molecule has 4 aromatic rings. The molecule has 1 aromatic heterocycles. The van der Waals surface area contributed by atoms with Crippen LogP contribution in [-0.2, 0) is 14.1 Å². The average molecular weight is 330 g/mol. The molecule has 0 aliphatic heterocycles. The standard InChI is InChI=1S/C23H23N2/c1-16-10-5-6-11-18(16)19-12-9-13-20(17(19)2)23-24(3)21-14-7-8-15-22(21)25(23)4/h5-15H,1-4H3/q+1/i1D3. The Morgan fingerprint density at radius 2 is 1.52 bits per heavy atom. The SMILES string of the molecule is [2H]C([2H])([2H])c1ccccc1-c1cccc(-c2n(C)c3ccccc3[n+]2C)c1C. The molecule has 1 heterocycles. The molecular formula is C23H23N2+. The van der Waals surface area contributed by atoms with Crippen LogP contribution in [0.4, 0.5) is 0 Å². The minimum atomic E-state index is -2.15. The number of rotatable bonds is 2. The molecule has 0 unspecified atom stereocenters. The maximum atomic E-state index is 7.92. The molecule has 2 nitrogen and oxygen atoms in total. The lowest BCUT2D eigenvalue weighted by molar-refractivity contribution is -0.634. The lowest BCUT2D eigenvalue weighted by atomic mass is 9.93. The van der Waals surface area contributed by atoms with Crippen molar-refractivity contribution in [3.8, 4) is 22.5 Å². The summed E-state index contributed by atoms with van der Waals surface area (Å²) in [6, 6.07) is 21.7. The molecule has 2 heteroatoms. The van der Waals surface area contributed by atoms with Gasteiger partial charge in [0.25, 0.3) is 5.82 Å². The van der Waals surface area contributed by atoms with Crippen LogP contribution in [0.5, 0.6) is 0 Å². The highest BCUT2D eigenvalue weighted by Gasteiger charge is 2.23. The quantitative estimate of drug-likeness (QED) is 0.460. The molecule has 0 spiro atoms. The largest absolute Gasteiger partial charge is 0.289 e. The van der Waals surface area contributed by atoms with E-state index in [0.29, 0.717) is 5.56 Å². The molecule has 124 valence electrons. The van der Waals surface area contributed by atoms with Crippen molar-refractivity contribution in [2.24, 2.45) is 14.1 Å². The van der Waals surface area contributed by atoms with Crippen LogP contribution in [0.3, 0.4) is 0 Å². The first kappa shape index (κ1) is 12.5. The van der Waals surface area contributed by atoms with Gasteiger partial charge in [0.1, 0.15) is 0 Å². The van der Waals surface area contributed by atoms with Crippen LogP contribution in [-0.4, -0.2) is 4.57 Å². The van der Waals surface area contributed by atoms with Gasteiger partial charge in [0.2, 0.25) is 0 Å². The van der Waals surface area contributed by atoms with E-state index in [1.165, 1.54) is 0 Å². The monoisotopic (exact) mass is 330 g/mol. The maximum absolute atomic E-state index is 7.92. The van der Waals surface area contributed by atoms with E-state index in [9.17, 15) is 0 Å². The van der Waals surface area contributed by atoms with Gasteiger partial charge in [-0.3, -0.25) is 0 Å². The number of hydrogen-bond donors (Lipinski definition) is 0. The van der Waals surface area contributed by atoms with Crippen molar-refractivity contribution in [1.82, 2.24) is 4.57 Å². The van der Waals surface area contributed by atoms with Crippen molar-refractivity contribution in [3.05, 3.63) is 77.9 Å². The second kappa shape index (κ2) is 5.89. The molecule has 0 fully saturated rings. The summed E-state index contributed by atoms with van der Waals surface area (Å²) in [5.41, 5.74) is 6.59. The summed E-state index contributed by atoms with van der Waals surface area (Å²) in [6.45, 7) is -0.0814. The van der Waals surface area contributed by atoms with E-state index in [-0.39, 0.29) is 0 Å². The molecule has 3 aromatic carbocycles. The third-order valence-corrected chi connectivity index (χ3v) is 5.03. The van der Waals surface area contributed by atoms with Gasteiger partial charge < -0.3 is 0 Å². The van der Waals surface area contributed by atoms with Crippen LogP contribution in [0.25, 0.3) is 33.5 Å². The van der Waals surface area contributed by atoms with Crippen LogP contribution in [0.2, 0.25) is 0 Å². The normalized spacial score (nSPS) is 13.5. The Morgan fingerprint density at radius 1 is 0.840 bits per heavy atom. The maximum Gasteiger partial charge on any atom is 0.289 e. The highest BCUT2D eigenvalue weighted by Crippen LogP contribution is 2.33. The molecule has 0 aliphatic rings. The number of benzene rings is 3. The zero-order chi connectivity index (χ0) is 20.1. The van der Waals surface area contributed by atoms with Crippen LogP contribution in [0, 0.1) is 13.8 Å². The fourth-order valence-electron chi connectivity index (χ4n) is 3.73. The highest BCUT2D eigenvalue weighted by atomic mass is 15.1. The number of hydrogen-bond acceptors (Lipinski definition) is 0. The zero-order valence-corrected chi connectivity index (χ0v) is 14.7. The average Bonchev–Trinajstić information content (AvgIpc) is 2.93. The summed E-state index contributed by atoms with van der Waals surface area (Å²) < 4.78 is 28.1. The Bertz CT molecular complexity index is 1150. The van der Waals surface area contributed by atoms with Crippen molar-refractivity contribution in [1.29, 1.82) is 0 Å². The number of aromatic nitrogens is 2. The molecule has 0 aliphatic carbocycles. The van der Waals surface area contributed by atoms with Gasteiger partial charge in [-0.05, 0) is 54.2 Å². The summed E-state index contributed by atoms with van der Waals surface area (Å²) in [4.78, 5) is 0. The van der Waals surface area contributed by atoms with Gasteiger partial charge in [-0.25, -0.2) is 9.13 Å². The molecular weight excluding hydrogens is 304 g/mol. The van der Waals surface area contributed by atoms with E-state index in [1.807, 2.05) is 36.4 Å². The molecule has 0 N–H and O–H groups in total. The van der Waals surface area contributed by atoms with E-state index in [0.717, 1.165) is 39.1 Å². The number of para-hydroxylation sites is 2. The fourth-order valence-corrected chi connectivity index (χ4v) is 3.73. The number of imidazole rings is 1. The second-order valence-electron chi connectivity index (χ2n) is 6.45. The first-order valence-corrected chi connectivity index (χ1v) is 8.44. The fraction of sp³-hybridized carbons (Fsp3) is 0.174. The molecule has 0 bridgehead atoms. The Balaban J connectivity index is 1.99. The van der Waals surface area contributed by atoms with Crippen LogP contribution < -0.4 is 4.57 Å². The number of fused-ring (bicyclic) bond motifs is 1. The van der Waals surface area contributed by atoms with Gasteiger partial charge in [-0.15, -0.1) is 0 Å². The lowest BCUT2D eigenvalue weighted by Gasteiger charge is -2.12. The Kier molecular flexibility index (Phi) is 2.94. The van der Waals surface area contributed by atoms with Crippen LogP contribution in [0.15, 0.2) is 66.7 Å². The van der Waals surface area contributed by atoms with Gasteiger partial charge in [0.15, 0.2) is 11.0 Å². The molecule has 25 heavy (non-hydrogen) atoms. The van der Waals surface area contributed by atoms with Crippen LogP contribution in [0.1, 0.15) is 15.2 Å². The van der Waals surface area contributed by atoms with Gasteiger partial charge in [0.05, 0.1) is 19.7 Å². The Morgan fingerprint density at radius 3 is 2.32 bits per heavy atom. The third-order valence-electron chi connectivity index (χ3n) is 5.03. The summed E-state index contributed by atoms with van der Waals surface area (Å²) in [7, 11) is 4.14. The third kappa shape index (κ3) is 2.37.